The molecule has 0 spiro atoms. The maximum atomic E-state index is 6.35. The summed E-state index contributed by atoms with van der Waals surface area (Å²) >= 11 is 0. The summed E-state index contributed by atoms with van der Waals surface area (Å²) in [6.07, 6.45) is 0. The first-order chi connectivity index (χ1) is 30.2. The maximum Gasteiger partial charge on any atom is 0.143 e. The minimum atomic E-state index is 0.902. The highest BCUT2D eigenvalue weighted by Gasteiger charge is 2.16. The third-order valence-electron chi connectivity index (χ3n) is 12.1. The lowest BCUT2D eigenvalue weighted by Crippen LogP contribution is -2.09. The lowest BCUT2D eigenvalue weighted by atomic mass is 9.97. The number of benzene rings is 10. The molecule has 3 nitrogen and oxygen atoms in total. The van der Waals surface area contributed by atoms with E-state index in [-0.39, 0.29) is 0 Å². The number of nitrogens with zero attached hydrogens (tertiary/aromatic N) is 1. The van der Waals surface area contributed by atoms with Gasteiger partial charge in [-0.2, -0.15) is 0 Å². The van der Waals surface area contributed by atoms with E-state index in [1.807, 2.05) is 24.3 Å². The molecule has 12 aromatic rings. The van der Waals surface area contributed by atoms with Gasteiger partial charge < -0.3 is 13.7 Å². The zero-order valence-electron chi connectivity index (χ0n) is 33.1. The fourth-order valence-corrected chi connectivity index (χ4v) is 9.04. The van der Waals surface area contributed by atoms with Crippen LogP contribution in [-0.2, 0) is 0 Å². The largest absolute Gasteiger partial charge is 0.456 e. The van der Waals surface area contributed by atoms with E-state index in [2.05, 4.69) is 205 Å². The monoisotopic (exact) mass is 779 g/mol. The molecule has 2 heterocycles. The van der Waals surface area contributed by atoms with Crippen molar-refractivity contribution in [3.8, 4) is 44.5 Å². The lowest BCUT2D eigenvalue weighted by Gasteiger charge is -2.26. The second kappa shape index (κ2) is 14.3. The molecule has 0 aliphatic heterocycles. The average Bonchev–Trinajstić information content (AvgIpc) is 3.91. The Hall–Kier alpha value is -8.14. The van der Waals surface area contributed by atoms with Crippen molar-refractivity contribution in [3.05, 3.63) is 224 Å². The first kappa shape index (κ1) is 34.9. The van der Waals surface area contributed by atoms with Crippen molar-refractivity contribution in [3.63, 3.8) is 0 Å². The van der Waals surface area contributed by atoms with Crippen molar-refractivity contribution in [2.45, 2.75) is 0 Å². The fraction of sp³-hybridized carbons (Fsp3) is 0. The van der Waals surface area contributed by atoms with Crippen LogP contribution in [0.4, 0.5) is 17.1 Å². The number of hydrogen-bond acceptors (Lipinski definition) is 3. The average molecular weight is 780 g/mol. The quantitative estimate of drug-likeness (QED) is 0.161. The predicted octanol–water partition coefficient (Wildman–Crippen LogP) is 16.8. The molecule has 2 aromatic heterocycles. The number of para-hydroxylation sites is 3. The van der Waals surface area contributed by atoms with E-state index >= 15 is 0 Å². The SMILES string of the molecule is c1ccc2c(-c3ccc(N(c4ccc(-c5ccc(-c6cccc7c6oc6ccccc67)cc5)cc4)c4ccc(-c5ccc6oc7ccccc7c6c5)cc4)cc3)cccc2c1. The normalized spacial score (nSPS) is 11.6. The molecule has 0 unspecified atom stereocenters. The molecule has 3 heteroatoms. The van der Waals surface area contributed by atoms with Crippen LogP contribution in [0.25, 0.3) is 99.2 Å². The highest BCUT2D eigenvalue weighted by molar-refractivity contribution is 6.10. The molecular formula is C58H37NO2. The van der Waals surface area contributed by atoms with Gasteiger partial charge in [-0.1, -0.05) is 164 Å². The van der Waals surface area contributed by atoms with Crippen LogP contribution in [0, 0.1) is 0 Å². The Labute approximate surface area is 353 Å². The van der Waals surface area contributed by atoms with Gasteiger partial charge in [0, 0.05) is 44.2 Å². The van der Waals surface area contributed by atoms with Crippen molar-refractivity contribution in [2.75, 3.05) is 4.90 Å². The summed E-state index contributed by atoms with van der Waals surface area (Å²) in [6.45, 7) is 0. The van der Waals surface area contributed by atoms with Crippen LogP contribution in [0.3, 0.4) is 0 Å². The Balaban J connectivity index is 0.891. The number of hydrogen-bond donors (Lipinski definition) is 0. The Kier molecular flexibility index (Phi) is 8.17. The molecule has 61 heavy (non-hydrogen) atoms. The summed E-state index contributed by atoms with van der Waals surface area (Å²) in [4.78, 5) is 2.34. The van der Waals surface area contributed by atoms with Crippen molar-refractivity contribution >= 4 is 71.7 Å². The third-order valence-corrected chi connectivity index (χ3v) is 12.1. The molecule has 286 valence electrons. The van der Waals surface area contributed by atoms with Gasteiger partial charge in [-0.3, -0.25) is 0 Å². The van der Waals surface area contributed by atoms with E-state index < -0.39 is 0 Å². The van der Waals surface area contributed by atoms with Crippen LogP contribution in [0.2, 0.25) is 0 Å². The first-order valence-electron chi connectivity index (χ1n) is 20.7. The van der Waals surface area contributed by atoms with Gasteiger partial charge in [-0.05, 0) is 110 Å². The van der Waals surface area contributed by atoms with Gasteiger partial charge in [0.05, 0.1) is 0 Å². The smallest absolute Gasteiger partial charge is 0.143 e. The van der Waals surface area contributed by atoms with Gasteiger partial charge in [-0.25, -0.2) is 0 Å². The van der Waals surface area contributed by atoms with Crippen LogP contribution < -0.4 is 4.90 Å². The standard InChI is InChI=1S/C58H37NO2/c1-2-11-48-41(9-1)10-7-14-49(48)42-27-34-47(35-28-42)59(46-32-25-40(26-33-46)44-29-36-57-54(37-44)52-13-4-5-17-55(52)60-57)45-30-23-39(24-31-45)38-19-21-43(22-20-38)50-15-8-16-53-51-12-3-6-18-56(51)61-58(50)53/h1-37H. The number of fused-ring (bicyclic) bond motifs is 7. The van der Waals surface area contributed by atoms with Gasteiger partial charge >= 0.3 is 0 Å². The Bertz CT molecular complexity index is 3550. The maximum absolute atomic E-state index is 6.35. The Morgan fingerprint density at radius 1 is 0.262 bits per heavy atom. The minimum Gasteiger partial charge on any atom is -0.456 e. The van der Waals surface area contributed by atoms with Gasteiger partial charge in [0.25, 0.3) is 0 Å². The van der Waals surface area contributed by atoms with E-state index in [0.717, 1.165) is 94.3 Å². The topological polar surface area (TPSA) is 29.5 Å². The molecule has 0 aliphatic carbocycles. The molecule has 0 radical (unpaired) electrons. The second-order valence-corrected chi connectivity index (χ2v) is 15.7. The van der Waals surface area contributed by atoms with Gasteiger partial charge in [-0.15, -0.1) is 0 Å². The van der Waals surface area contributed by atoms with Gasteiger partial charge in [0.15, 0.2) is 0 Å². The van der Waals surface area contributed by atoms with E-state index in [1.54, 1.807) is 0 Å². The zero-order valence-corrected chi connectivity index (χ0v) is 33.1. The van der Waals surface area contributed by atoms with Gasteiger partial charge in [0.1, 0.15) is 22.3 Å². The van der Waals surface area contributed by atoms with Crippen molar-refractivity contribution in [1.29, 1.82) is 0 Å². The Morgan fingerprint density at radius 2 is 0.689 bits per heavy atom. The van der Waals surface area contributed by atoms with Crippen LogP contribution in [-0.4, -0.2) is 0 Å². The second-order valence-electron chi connectivity index (χ2n) is 15.7. The molecule has 12 rings (SSSR count). The summed E-state index contributed by atoms with van der Waals surface area (Å²) in [7, 11) is 0. The molecule has 10 aromatic carbocycles. The van der Waals surface area contributed by atoms with E-state index in [4.69, 9.17) is 8.83 Å². The summed E-state index contributed by atoms with van der Waals surface area (Å²) in [5, 5.41) is 7.03. The zero-order chi connectivity index (χ0) is 40.3. The van der Waals surface area contributed by atoms with Crippen LogP contribution in [0.1, 0.15) is 0 Å². The van der Waals surface area contributed by atoms with Crippen molar-refractivity contribution in [2.24, 2.45) is 0 Å². The molecule has 0 amide bonds. The minimum absolute atomic E-state index is 0.902. The lowest BCUT2D eigenvalue weighted by molar-refractivity contribution is 0.669. The highest BCUT2D eigenvalue weighted by atomic mass is 16.3. The molecule has 0 atom stereocenters. The molecule has 0 bridgehead atoms. The van der Waals surface area contributed by atoms with Crippen LogP contribution in [0.15, 0.2) is 233 Å². The van der Waals surface area contributed by atoms with E-state index in [0.29, 0.717) is 0 Å². The summed E-state index contributed by atoms with van der Waals surface area (Å²) in [5.74, 6) is 0. The molecular weight excluding hydrogens is 743 g/mol. The molecule has 0 saturated heterocycles. The van der Waals surface area contributed by atoms with Crippen molar-refractivity contribution < 1.29 is 8.83 Å². The number of anilines is 3. The number of rotatable bonds is 7. The molecule has 0 aliphatic rings. The molecule has 0 saturated carbocycles. The van der Waals surface area contributed by atoms with E-state index in [9.17, 15) is 0 Å². The Morgan fingerprint density at radius 3 is 1.38 bits per heavy atom. The summed E-state index contributed by atoms with van der Waals surface area (Å²) < 4.78 is 12.5. The highest BCUT2D eigenvalue weighted by Crippen LogP contribution is 2.41. The fourth-order valence-electron chi connectivity index (χ4n) is 9.04. The predicted molar refractivity (Wildman–Crippen MR) is 255 cm³/mol. The van der Waals surface area contributed by atoms with Crippen LogP contribution in [0.5, 0.6) is 0 Å². The molecule has 0 fully saturated rings. The summed E-state index contributed by atoms with van der Waals surface area (Å²) in [6, 6.07) is 80.0. The van der Waals surface area contributed by atoms with Crippen molar-refractivity contribution in [1.82, 2.24) is 0 Å². The summed E-state index contributed by atoms with van der Waals surface area (Å²) in [5.41, 5.74) is 16.1. The number of furan rings is 2. The first-order valence-corrected chi connectivity index (χ1v) is 20.7. The van der Waals surface area contributed by atoms with E-state index in [1.165, 1.54) is 21.9 Å². The van der Waals surface area contributed by atoms with Crippen LogP contribution >= 0.6 is 0 Å². The molecule has 0 N–H and O–H groups in total. The van der Waals surface area contributed by atoms with Gasteiger partial charge in [0.2, 0.25) is 0 Å². The third kappa shape index (κ3) is 6.06.